The van der Waals surface area contributed by atoms with Crippen LogP contribution in [-0.4, -0.2) is 18.5 Å². The number of benzene rings is 1. The molecule has 1 saturated carbocycles. The number of halogens is 1. The molecule has 1 fully saturated rings. The first-order valence-electron chi connectivity index (χ1n) is 7.78. The van der Waals surface area contributed by atoms with Gasteiger partial charge in [-0.05, 0) is 44.5 Å². The first-order valence-corrected chi connectivity index (χ1v) is 7.78. The minimum Gasteiger partial charge on any atom is -0.350 e. The molecule has 0 unspecified atom stereocenters. The summed E-state index contributed by atoms with van der Waals surface area (Å²) >= 11 is 0. The lowest BCUT2D eigenvalue weighted by atomic mass is 9.79. The summed E-state index contributed by atoms with van der Waals surface area (Å²) < 4.78 is 13.2. The number of nitrogens with one attached hydrogen (secondary N) is 2. The van der Waals surface area contributed by atoms with Gasteiger partial charge in [-0.3, -0.25) is 4.79 Å². The molecule has 0 aliphatic heterocycles. The molecule has 0 aromatic heterocycles. The number of hydrogen-bond donors (Lipinski definition) is 2. The topological polar surface area (TPSA) is 41.1 Å². The first-order chi connectivity index (χ1) is 10.0. The maximum Gasteiger partial charge on any atom is 0.222 e. The standard InChI is InChI=1S/C17H25FN2O/c1-13(14-7-6-8-15(18)11-14)20-16(21)12-17(19-2)9-4-3-5-10-17/h6-8,11,13,19H,3-5,9-10,12H2,1-2H3,(H,20,21)/t13-/m1/s1. The van der Waals surface area contributed by atoms with Gasteiger partial charge in [0, 0.05) is 12.0 Å². The van der Waals surface area contributed by atoms with Crippen molar-refractivity contribution in [3.8, 4) is 0 Å². The number of amides is 1. The van der Waals surface area contributed by atoms with Crippen LogP contribution in [0.1, 0.15) is 57.1 Å². The third kappa shape index (κ3) is 4.27. The normalized spacial score (nSPS) is 19.0. The Morgan fingerprint density at radius 1 is 1.33 bits per heavy atom. The summed E-state index contributed by atoms with van der Waals surface area (Å²) in [4.78, 5) is 12.3. The quantitative estimate of drug-likeness (QED) is 0.874. The van der Waals surface area contributed by atoms with Gasteiger partial charge in [-0.2, -0.15) is 0 Å². The maximum absolute atomic E-state index is 13.2. The number of carbonyl (C=O) groups excluding carboxylic acids is 1. The Labute approximate surface area is 126 Å². The predicted octanol–water partition coefficient (Wildman–Crippen LogP) is 3.32. The number of rotatable bonds is 5. The van der Waals surface area contributed by atoms with Gasteiger partial charge in [0.15, 0.2) is 0 Å². The largest absolute Gasteiger partial charge is 0.350 e. The highest BCUT2D eigenvalue weighted by molar-refractivity contribution is 5.77. The molecule has 0 saturated heterocycles. The second kappa shape index (κ2) is 7.03. The second-order valence-corrected chi connectivity index (χ2v) is 6.11. The fraction of sp³-hybridized carbons (Fsp3) is 0.588. The molecule has 2 N–H and O–H groups in total. The summed E-state index contributed by atoms with van der Waals surface area (Å²) in [5.41, 5.74) is 0.731. The molecular weight excluding hydrogens is 267 g/mol. The van der Waals surface area contributed by atoms with Crippen molar-refractivity contribution in [3.63, 3.8) is 0 Å². The van der Waals surface area contributed by atoms with E-state index in [9.17, 15) is 9.18 Å². The second-order valence-electron chi connectivity index (χ2n) is 6.11. The van der Waals surface area contributed by atoms with E-state index in [4.69, 9.17) is 0 Å². The van der Waals surface area contributed by atoms with Gasteiger partial charge in [-0.15, -0.1) is 0 Å². The Kier molecular flexibility index (Phi) is 5.34. The number of hydrogen-bond acceptors (Lipinski definition) is 2. The Hall–Kier alpha value is -1.42. The van der Waals surface area contributed by atoms with Crippen molar-refractivity contribution in [2.24, 2.45) is 0 Å². The van der Waals surface area contributed by atoms with Gasteiger partial charge >= 0.3 is 0 Å². The molecule has 0 bridgehead atoms. The Bertz CT molecular complexity index is 483. The van der Waals surface area contributed by atoms with E-state index in [1.807, 2.05) is 20.0 Å². The molecule has 1 aliphatic rings. The van der Waals surface area contributed by atoms with Gasteiger partial charge in [-0.25, -0.2) is 4.39 Å². The van der Waals surface area contributed by atoms with Crippen LogP contribution in [0.3, 0.4) is 0 Å². The molecule has 4 heteroatoms. The molecule has 1 aromatic carbocycles. The SMILES string of the molecule is CNC1(CC(=O)N[C@H](C)c2cccc(F)c2)CCCCC1. The van der Waals surface area contributed by atoms with Crippen LogP contribution in [0.15, 0.2) is 24.3 Å². The lowest BCUT2D eigenvalue weighted by Crippen LogP contribution is -2.48. The molecule has 3 nitrogen and oxygen atoms in total. The van der Waals surface area contributed by atoms with Gasteiger partial charge in [0.05, 0.1) is 6.04 Å². The van der Waals surface area contributed by atoms with Crippen LogP contribution in [0, 0.1) is 5.82 Å². The molecule has 0 heterocycles. The molecule has 0 radical (unpaired) electrons. The highest BCUT2D eigenvalue weighted by Crippen LogP contribution is 2.30. The zero-order valence-corrected chi connectivity index (χ0v) is 12.9. The van der Waals surface area contributed by atoms with Crippen LogP contribution in [0.4, 0.5) is 4.39 Å². The Morgan fingerprint density at radius 3 is 2.67 bits per heavy atom. The van der Waals surface area contributed by atoms with E-state index in [2.05, 4.69) is 10.6 Å². The third-order valence-corrected chi connectivity index (χ3v) is 4.57. The lowest BCUT2D eigenvalue weighted by molar-refractivity contribution is -0.123. The van der Waals surface area contributed by atoms with Crippen LogP contribution in [0.25, 0.3) is 0 Å². The molecular formula is C17H25FN2O. The highest BCUT2D eigenvalue weighted by Gasteiger charge is 2.32. The minimum atomic E-state index is -0.271. The van der Waals surface area contributed by atoms with E-state index in [1.165, 1.54) is 31.4 Å². The van der Waals surface area contributed by atoms with Crippen molar-refractivity contribution in [2.45, 2.75) is 57.0 Å². The zero-order chi connectivity index (χ0) is 15.3. The van der Waals surface area contributed by atoms with Gasteiger partial charge < -0.3 is 10.6 Å². The molecule has 116 valence electrons. The van der Waals surface area contributed by atoms with E-state index < -0.39 is 0 Å². The van der Waals surface area contributed by atoms with Crippen molar-refractivity contribution < 1.29 is 9.18 Å². The van der Waals surface area contributed by atoms with Crippen molar-refractivity contribution in [1.82, 2.24) is 10.6 Å². The molecule has 1 aliphatic carbocycles. The van der Waals surface area contributed by atoms with E-state index in [0.29, 0.717) is 6.42 Å². The van der Waals surface area contributed by atoms with Crippen LogP contribution in [-0.2, 0) is 4.79 Å². The van der Waals surface area contributed by atoms with Crippen molar-refractivity contribution in [1.29, 1.82) is 0 Å². The Balaban J connectivity index is 1.94. The zero-order valence-electron chi connectivity index (χ0n) is 12.9. The van der Waals surface area contributed by atoms with E-state index in [0.717, 1.165) is 18.4 Å². The smallest absolute Gasteiger partial charge is 0.222 e. The van der Waals surface area contributed by atoms with Crippen LogP contribution >= 0.6 is 0 Å². The van der Waals surface area contributed by atoms with Gasteiger partial charge in [0.2, 0.25) is 5.91 Å². The maximum atomic E-state index is 13.2. The summed E-state index contributed by atoms with van der Waals surface area (Å²) in [6.45, 7) is 1.89. The molecule has 1 amide bonds. The van der Waals surface area contributed by atoms with Crippen LogP contribution in [0.5, 0.6) is 0 Å². The average Bonchev–Trinajstić information content (AvgIpc) is 2.48. The van der Waals surface area contributed by atoms with Gasteiger partial charge in [0.25, 0.3) is 0 Å². The number of carbonyl (C=O) groups is 1. The van der Waals surface area contributed by atoms with E-state index >= 15 is 0 Å². The van der Waals surface area contributed by atoms with Crippen LogP contribution < -0.4 is 10.6 Å². The molecule has 1 aromatic rings. The fourth-order valence-electron chi connectivity index (χ4n) is 3.20. The van der Waals surface area contributed by atoms with Gasteiger partial charge in [-0.1, -0.05) is 31.4 Å². The summed E-state index contributed by atoms with van der Waals surface area (Å²) in [5, 5.41) is 6.33. The first kappa shape index (κ1) is 16.0. The summed E-state index contributed by atoms with van der Waals surface area (Å²) in [6.07, 6.45) is 6.19. The lowest BCUT2D eigenvalue weighted by Gasteiger charge is -2.37. The summed E-state index contributed by atoms with van der Waals surface area (Å²) in [5.74, 6) is -0.240. The van der Waals surface area contributed by atoms with E-state index in [1.54, 1.807) is 6.07 Å². The highest BCUT2D eigenvalue weighted by atomic mass is 19.1. The van der Waals surface area contributed by atoms with Crippen molar-refractivity contribution in [3.05, 3.63) is 35.6 Å². The third-order valence-electron chi connectivity index (χ3n) is 4.57. The molecule has 0 spiro atoms. The van der Waals surface area contributed by atoms with E-state index in [-0.39, 0.29) is 23.3 Å². The van der Waals surface area contributed by atoms with Crippen molar-refractivity contribution >= 4 is 5.91 Å². The average molecular weight is 292 g/mol. The Morgan fingerprint density at radius 2 is 2.05 bits per heavy atom. The molecule has 1 atom stereocenters. The summed E-state index contributed by atoms with van der Waals surface area (Å²) in [7, 11) is 1.94. The minimum absolute atomic E-state index is 0.0306. The summed E-state index contributed by atoms with van der Waals surface area (Å²) in [6, 6.07) is 6.22. The fourth-order valence-corrected chi connectivity index (χ4v) is 3.20. The molecule has 2 rings (SSSR count). The monoisotopic (exact) mass is 292 g/mol. The van der Waals surface area contributed by atoms with Crippen molar-refractivity contribution in [2.75, 3.05) is 7.05 Å². The molecule has 21 heavy (non-hydrogen) atoms. The van der Waals surface area contributed by atoms with Gasteiger partial charge in [0.1, 0.15) is 5.82 Å². The predicted molar refractivity (Wildman–Crippen MR) is 82.5 cm³/mol. The van der Waals surface area contributed by atoms with Crippen LogP contribution in [0.2, 0.25) is 0 Å².